The van der Waals surface area contributed by atoms with E-state index < -0.39 is 0 Å². The average Bonchev–Trinajstić information content (AvgIpc) is 2.58. The van der Waals surface area contributed by atoms with E-state index in [0.717, 1.165) is 5.56 Å². The number of hydrogen-bond donors (Lipinski definition) is 0. The fraction of sp³-hybridized carbons (Fsp3) is 0. The molecule has 0 heterocycles. The topological polar surface area (TPSA) is 0 Å². The molecular weight excluding hydrogens is 272 g/mol. The molecule has 0 radical (unpaired) electrons. The van der Waals surface area contributed by atoms with E-state index in [4.69, 9.17) is 0 Å². The minimum Gasteiger partial charge on any atom is -0.0622 e. The summed E-state index contributed by atoms with van der Waals surface area (Å²) in [6.45, 7) is 0. The highest BCUT2D eigenvalue weighted by Gasteiger charge is 2.23. The zero-order valence-corrected chi connectivity index (χ0v) is 12.4. The Bertz CT molecular complexity index is 698. The van der Waals surface area contributed by atoms with Crippen molar-refractivity contribution in [2.75, 3.05) is 0 Å². The van der Waals surface area contributed by atoms with Crippen LogP contribution in [0.3, 0.4) is 0 Å². The maximum Gasteiger partial charge on any atom is 0.175 e. The molecule has 0 saturated heterocycles. The molecule has 0 aromatic heterocycles. The summed E-state index contributed by atoms with van der Waals surface area (Å²) in [6.07, 6.45) is 0. The van der Waals surface area contributed by atoms with Gasteiger partial charge in [-0.2, -0.15) is 0 Å². The summed E-state index contributed by atoms with van der Waals surface area (Å²) < 4.78 is 0. The summed E-state index contributed by atoms with van der Waals surface area (Å²) in [5.74, 6) is 3.30. The van der Waals surface area contributed by atoms with Gasteiger partial charge >= 0.3 is 0 Å². The molecule has 0 saturated carbocycles. The van der Waals surface area contributed by atoms with Crippen molar-refractivity contribution >= 4 is 10.9 Å². The summed E-state index contributed by atoms with van der Waals surface area (Å²) in [7, 11) is -0.213. The minimum absolute atomic E-state index is 0.213. The van der Waals surface area contributed by atoms with Gasteiger partial charge in [-0.25, -0.2) is 0 Å². The van der Waals surface area contributed by atoms with Crippen LogP contribution in [0.4, 0.5) is 0 Å². The number of rotatable bonds is 2. The smallest absolute Gasteiger partial charge is 0.0622 e. The van der Waals surface area contributed by atoms with Crippen molar-refractivity contribution in [2.24, 2.45) is 0 Å². The molecular formula is C20H15S+. The maximum atomic E-state index is 3.45. The first-order valence-electron chi connectivity index (χ1n) is 6.84. The van der Waals surface area contributed by atoms with Gasteiger partial charge in [0, 0.05) is 5.56 Å². The molecule has 1 heteroatoms. The minimum atomic E-state index is -0.213. The molecule has 0 N–H and O–H groups in total. The van der Waals surface area contributed by atoms with E-state index in [2.05, 4.69) is 59.7 Å². The highest BCUT2D eigenvalue weighted by atomic mass is 32.2. The Morgan fingerprint density at radius 3 is 1.43 bits per heavy atom. The standard InChI is InChI=1S/C20H15S/c1-4-10-18(11-5-1)16-17-21(19-12-6-2-7-13-19)20-14-8-3-9-15-20/h1-15H/q+1. The largest absolute Gasteiger partial charge is 0.175 e. The molecule has 21 heavy (non-hydrogen) atoms. The molecule has 0 amide bonds. The first kappa shape index (κ1) is 13.5. The van der Waals surface area contributed by atoms with E-state index in [0.29, 0.717) is 0 Å². The molecule has 3 aromatic carbocycles. The molecule has 0 spiro atoms. The van der Waals surface area contributed by atoms with E-state index in [1.54, 1.807) is 0 Å². The van der Waals surface area contributed by atoms with Crippen LogP contribution in [0.15, 0.2) is 101 Å². The van der Waals surface area contributed by atoms with E-state index in [1.807, 2.05) is 42.5 Å². The SMILES string of the molecule is C(#C[S+](c1ccccc1)c1ccccc1)c1ccccc1. The van der Waals surface area contributed by atoms with Crippen molar-refractivity contribution in [3.05, 3.63) is 96.6 Å². The van der Waals surface area contributed by atoms with E-state index >= 15 is 0 Å². The van der Waals surface area contributed by atoms with Gasteiger partial charge in [0.15, 0.2) is 25.9 Å². The van der Waals surface area contributed by atoms with Gasteiger partial charge in [-0.3, -0.25) is 0 Å². The Morgan fingerprint density at radius 1 is 0.524 bits per heavy atom. The van der Waals surface area contributed by atoms with Crippen molar-refractivity contribution < 1.29 is 0 Å². The summed E-state index contributed by atoms with van der Waals surface area (Å²) >= 11 is 0. The summed E-state index contributed by atoms with van der Waals surface area (Å²) in [5.41, 5.74) is 1.06. The van der Waals surface area contributed by atoms with Crippen molar-refractivity contribution in [2.45, 2.75) is 9.79 Å². The predicted octanol–water partition coefficient (Wildman–Crippen LogP) is 4.73. The molecule has 0 aliphatic carbocycles. The fourth-order valence-corrected chi connectivity index (χ4v) is 3.58. The Balaban J connectivity index is 2.00. The van der Waals surface area contributed by atoms with Crippen LogP contribution in [0.5, 0.6) is 0 Å². The van der Waals surface area contributed by atoms with Gasteiger partial charge in [0.2, 0.25) is 0 Å². The Hall–Kier alpha value is -2.43. The summed E-state index contributed by atoms with van der Waals surface area (Å²) in [5, 5.41) is 3.45. The van der Waals surface area contributed by atoms with Gasteiger partial charge in [0.25, 0.3) is 0 Å². The van der Waals surface area contributed by atoms with Crippen molar-refractivity contribution in [1.82, 2.24) is 0 Å². The lowest BCUT2D eigenvalue weighted by atomic mass is 10.2. The zero-order chi connectivity index (χ0) is 14.3. The molecule has 0 nitrogen and oxygen atoms in total. The van der Waals surface area contributed by atoms with Crippen LogP contribution in [0.1, 0.15) is 5.56 Å². The van der Waals surface area contributed by atoms with Gasteiger partial charge in [-0.15, -0.1) is 0 Å². The molecule has 0 fully saturated rings. The normalized spacial score (nSPS) is 9.95. The van der Waals surface area contributed by atoms with Crippen LogP contribution < -0.4 is 0 Å². The molecule has 3 aromatic rings. The van der Waals surface area contributed by atoms with Crippen molar-refractivity contribution in [3.63, 3.8) is 0 Å². The molecule has 0 atom stereocenters. The fourth-order valence-electron chi connectivity index (χ4n) is 2.00. The quantitative estimate of drug-likeness (QED) is 0.472. The van der Waals surface area contributed by atoms with Crippen molar-refractivity contribution in [1.29, 1.82) is 0 Å². The highest BCUT2D eigenvalue weighted by molar-refractivity contribution is 8.01. The monoisotopic (exact) mass is 287 g/mol. The van der Waals surface area contributed by atoms with Gasteiger partial charge in [0.1, 0.15) is 0 Å². The summed E-state index contributed by atoms with van der Waals surface area (Å²) in [4.78, 5) is 2.51. The second-order valence-corrected chi connectivity index (χ2v) is 6.28. The molecule has 0 bridgehead atoms. The lowest BCUT2D eigenvalue weighted by Crippen LogP contribution is -2.00. The van der Waals surface area contributed by atoms with E-state index in [-0.39, 0.29) is 10.9 Å². The van der Waals surface area contributed by atoms with Gasteiger partial charge in [0.05, 0.1) is 0 Å². The van der Waals surface area contributed by atoms with E-state index in [9.17, 15) is 0 Å². The Kier molecular flexibility index (Phi) is 4.41. The average molecular weight is 287 g/mol. The summed E-state index contributed by atoms with van der Waals surface area (Å²) in [6, 6.07) is 31.1. The lowest BCUT2D eigenvalue weighted by Gasteiger charge is -1.99. The van der Waals surface area contributed by atoms with E-state index in [1.165, 1.54) is 9.79 Å². The molecule has 0 aliphatic heterocycles. The molecule has 100 valence electrons. The van der Waals surface area contributed by atoms with Gasteiger partial charge in [-0.1, -0.05) is 54.6 Å². The van der Waals surface area contributed by atoms with Crippen LogP contribution >= 0.6 is 0 Å². The van der Waals surface area contributed by atoms with Gasteiger partial charge in [-0.05, 0) is 42.3 Å². The Labute approximate surface area is 128 Å². The molecule has 0 unspecified atom stereocenters. The second kappa shape index (κ2) is 6.83. The lowest BCUT2D eigenvalue weighted by molar-refractivity contribution is 1.39. The van der Waals surface area contributed by atoms with Gasteiger partial charge < -0.3 is 0 Å². The van der Waals surface area contributed by atoms with Crippen molar-refractivity contribution in [3.8, 4) is 11.2 Å². The zero-order valence-electron chi connectivity index (χ0n) is 11.6. The van der Waals surface area contributed by atoms with Crippen LogP contribution in [0.2, 0.25) is 0 Å². The molecule has 0 aliphatic rings. The Morgan fingerprint density at radius 2 is 0.952 bits per heavy atom. The maximum absolute atomic E-state index is 3.45. The highest BCUT2D eigenvalue weighted by Crippen LogP contribution is 2.22. The predicted molar refractivity (Wildman–Crippen MR) is 90.1 cm³/mol. The first-order chi connectivity index (χ1) is 10.4. The van der Waals surface area contributed by atoms with Crippen LogP contribution in [-0.4, -0.2) is 0 Å². The third-order valence-electron chi connectivity index (χ3n) is 3.03. The van der Waals surface area contributed by atoms with Crippen LogP contribution in [0.25, 0.3) is 0 Å². The first-order valence-corrected chi connectivity index (χ1v) is 8.07. The second-order valence-electron chi connectivity index (χ2n) is 4.53. The van der Waals surface area contributed by atoms with Crippen LogP contribution in [-0.2, 0) is 10.9 Å². The molecule has 3 rings (SSSR count). The number of hydrogen-bond acceptors (Lipinski definition) is 0. The van der Waals surface area contributed by atoms with Crippen LogP contribution in [0, 0.1) is 11.2 Å². The number of benzene rings is 3. The third-order valence-corrected chi connectivity index (χ3v) is 4.82. The third kappa shape index (κ3) is 3.56.